The van der Waals surface area contributed by atoms with Crippen molar-refractivity contribution in [3.8, 4) is 16.8 Å². The number of thiophene rings is 1. The maximum Gasteiger partial charge on any atom is 0.0562 e. The first kappa shape index (κ1) is 30.0. The van der Waals surface area contributed by atoms with Gasteiger partial charge in [-0.2, -0.15) is 0 Å². The van der Waals surface area contributed by atoms with Gasteiger partial charge in [-0.05, 0) is 87.8 Å². The average molecular weight is 693 g/mol. The number of nitrogens with zero attached hydrogens (tertiary/aromatic N) is 2. The second-order valence-corrected chi connectivity index (χ2v) is 14.8. The van der Waals surface area contributed by atoms with Crippen molar-refractivity contribution in [2.75, 3.05) is 4.90 Å². The van der Waals surface area contributed by atoms with Crippen LogP contribution in [0.15, 0.2) is 194 Å². The van der Waals surface area contributed by atoms with E-state index in [0.717, 1.165) is 22.7 Å². The third-order valence-electron chi connectivity index (χ3n) is 10.7. The summed E-state index contributed by atoms with van der Waals surface area (Å²) in [6.45, 7) is 0. The summed E-state index contributed by atoms with van der Waals surface area (Å²) in [7, 11) is 0. The Kier molecular flexibility index (Phi) is 6.76. The van der Waals surface area contributed by atoms with Crippen LogP contribution in [-0.2, 0) is 0 Å². The third-order valence-corrected chi connectivity index (χ3v) is 11.9. The molecule has 0 saturated heterocycles. The summed E-state index contributed by atoms with van der Waals surface area (Å²) >= 11 is 1.86. The second kappa shape index (κ2) is 11.9. The van der Waals surface area contributed by atoms with Crippen molar-refractivity contribution in [1.29, 1.82) is 0 Å². The van der Waals surface area contributed by atoms with Crippen molar-refractivity contribution >= 4 is 91.9 Å². The van der Waals surface area contributed by atoms with E-state index < -0.39 is 0 Å². The number of hydrogen-bond acceptors (Lipinski definition) is 2. The summed E-state index contributed by atoms with van der Waals surface area (Å²) < 4.78 is 5.07. The molecule has 11 aromatic rings. The van der Waals surface area contributed by atoms with Gasteiger partial charge in [0.05, 0.1) is 16.7 Å². The molecule has 0 spiro atoms. The molecule has 0 saturated carbocycles. The van der Waals surface area contributed by atoms with E-state index in [2.05, 4.69) is 204 Å². The number of fused-ring (bicyclic) bond motifs is 9. The van der Waals surface area contributed by atoms with Crippen LogP contribution in [0.4, 0.5) is 17.1 Å². The fourth-order valence-electron chi connectivity index (χ4n) is 8.32. The number of benzene rings is 9. The summed E-state index contributed by atoms with van der Waals surface area (Å²) in [4.78, 5) is 2.45. The molecule has 0 radical (unpaired) electrons. The summed E-state index contributed by atoms with van der Waals surface area (Å²) in [5.41, 5.74) is 9.27. The largest absolute Gasteiger partial charge is 0.310 e. The van der Waals surface area contributed by atoms with Crippen LogP contribution in [0.2, 0.25) is 0 Å². The molecule has 9 aromatic carbocycles. The van der Waals surface area contributed by atoms with Gasteiger partial charge in [-0.1, -0.05) is 133 Å². The predicted octanol–water partition coefficient (Wildman–Crippen LogP) is 14.6. The topological polar surface area (TPSA) is 8.17 Å². The maximum absolute atomic E-state index is 2.46. The molecular formula is C50H32N2S. The van der Waals surface area contributed by atoms with Gasteiger partial charge in [0.25, 0.3) is 0 Å². The average Bonchev–Trinajstić information content (AvgIpc) is 3.77. The van der Waals surface area contributed by atoms with Crippen LogP contribution in [-0.4, -0.2) is 4.57 Å². The van der Waals surface area contributed by atoms with Crippen molar-refractivity contribution in [1.82, 2.24) is 4.57 Å². The Morgan fingerprint density at radius 1 is 0.396 bits per heavy atom. The Morgan fingerprint density at radius 2 is 1.08 bits per heavy atom. The summed E-state index contributed by atoms with van der Waals surface area (Å²) in [5.74, 6) is 0. The van der Waals surface area contributed by atoms with E-state index in [-0.39, 0.29) is 0 Å². The van der Waals surface area contributed by atoms with Gasteiger partial charge in [0.1, 0.15) is 0 Å². The van der Waals surface area contributed by atoms with E-state index in [0.29, 0.717) is 0 Å². The summed E-state index contributed by atoms with van der Waals surface area (Å²) in [6.07, 6.45) is 0. The Morgan fingerprint density at radius 3 is 1.98 bits per heavy atom. The molecule has 0 atom stereocenters. The molecule has 0 N–H and O–H groups in total. The molecule has 2 heterocycles. The zero-order valence-corrected chi connectivity index (χ0v) is 29.6. The SMILES string of the molecule is c1ccc(-c2ccccc2N(c2ccc3sc4ccccc4c3c2)c2ccc3c4c5ccccc5ccc4n(-c4ccc5ccccc5c4)c3c2)cc1. The van der Waals surface area contributed by atoms with Crippen LogP contribution in [0.1, 0.15) is 0 Å². The van der Waals surface area contributed by atoms with Crippen LogP contribution >= 0.6 is 11.3 Å². The Labute approximate surface area is 311 Å². The molecule has 0 aliphatic carbocycles. The lowest BCUT2D eigenvalue weighted by Crippen LogP contribution is -2.11. The maximum atomic E-state index is 2.46. The van der Waals surface area contributed by atoms with Crippen molar-refractivity contribution in [2.45, 2.75) is 0 Å². The number of hydrogen-bond donors (Lipinski definition) is 0. The van der Waals surface area contributed by atoms with Gasteiger partial charge in [-0.3, -0.25) is 0 Å². The molecule has 0 fully saturated rings. The standard InChI is InChI=1S/C50H32N2S/c1-2-13-34(14-3-1)40-17-8-10-20-45(40)51(38-26-29-49-44(31-38)42-19-9-11-21-48(42)53-49)39-25-27-43-47(32-39)52(37-24-22-33-12-4-5-16-36(33)30-37)46-28-23-35-15-6-7-18-41(35)50(43)46/h1-32H. The van der Waals surface area contributed by atoms with Crippen LogP contribution in [0.3, 0.4) is 0 Å². The van der Waals surface area contributed by atoms with E-state index in [1.165, 1.54) is 74.6 Å². The molecule has 53 heavy (non-hydrogen) atoms. The molecule has 2 aromatic heterocycles. The highest BCUT2D eigenvalue weighted by Gasteiger charge is 2.22. The van der Waals surface area contributed by atoms with Gasteiger partial charge in [-0.25, -0.2) is 0 Å². The summed E-state index contributed by atoms with van der Waals surface area (Å²) in [6, 6.07) is 71.1. The minimum Gasteiger partial charge on any atom is -0.310 e. The van der Waals surface area contributed by atoms with Crippen LogP contribution in [0, 0.1) is 0 Å². The normalized spacial score (nSPS) is 11.8. The zero-order chi connectivity index (χ0) is 34.9. The Hall–Kier alpha value is -6.68. The minimum atomic E-state index is 1.11. The minimum absolute atomic E-state index is 1.11. The van der Waals surface area contributed by atoms with Crippen molar-refractivity contribution in [2.24, 2.45) is 0 Å². The van der Waals surface area contributed by atoms with Crippen molar-refractivity contribution < 1.29 is 0 Å². The zero-order valence-electron chi connectivity index (χ0n) is 28.8. The van der Waals surface area contributed by atoms with Crippen LogP contribution in [0.5, 0.6) is 0 Å². The Balaban J connectivity index is 1.22. The van der Waals surface area contributed by atoms with Gasteiger partial charge >= 0.3 is 0 Å². The first-order valence-corrected chi connectivity index (χ1v) is 18.9. The molecule has 2 nitrogen and oxygen atoms in total. The third kappa shape index (κ3) is 4.78. The van der Waals surface area contributed by atoms with E-state index in [9.17, 15) is 0 Å². The number of para-hydroxylation sites is 1. The fourth-order valence-corrected chi connectivity index (χ4v) is 9.41. The number of aromatic nitrogens is 1. The lowest BCUT2D eigenvalue weighted by Gasteiger charge is -2.28. The lowest BCUT2D eigenvalue weighted by molar-refractivity contribution is 1.18. The van der Waals surface area contributed by atoms with Crippen LogP contribution in [0.25, 0.3) is 80.3 Å². The first-order valence-electron chi connectivity index (χ1n) is 18.1. The van der Waals surface area contributed by atoms with E-state index in [1.54, 1.807) is 0 Å². The first-order chi connectivity index (χ1) is 26.3. The van der Waals surface area contributed by atoms with Crippen molar-refractivity contribution in [3.63, 3.8) is 0 Å². The fraction of sp³-hybridized carbons (Fsp3) is 0. The Bertz CT molecular complexity index is 3190. The van der Waals surface area contributed by atoms with Crippen molar-refractivity contribution in [3.05, 3.63) is 194 Å². The van der Waals surface area contributed by atoms with Crippen LogP contribution < -0.4 is 4.90 Å². The molecule has 0 aliphatic heterocycles. The van der Waals surface area contributed by atoms with E-state index in [1.807, 2.05) is 11.3 Å². The quantitative estimate of drug-likeness (QED) is 0.174. The van der Waals surface area contributed by atoms with Gasteiger partial charge in [0.15, 0.2) is 0 Å². The molecule has 0 amide bonds. The lowest BCUT2D eigenvalue weighted by atomic mass is 10.0. The molecule has 3 heteroatoms. The smallest absolute Gasteiger partial charge is 0.0562 e. The van der Waals surface area contributed by atoms with E-state index in [4.69, 9.17) is 0 Å². The van der Waals surface area contributed by atoms with Gasteiger partial charge in [0, 0.05) is 53.6 Å². The molecule has 0 bridgehead atoms. The highest BCUT2D eigenvalue weighted by atomic mass is 32.1. The monoisotopic (exact) mass is 692 g/mol. The number of rotatable bonds is 5. The number of anilines is 3. The molecular weight excluding hydrogens is 661 g/mol. The van der Waals surface area contributed by atoms with Gasteiger partial charge < -0.3 is 9.47 Å². The predicted molar refractivity (Wildman–Crippen MR) is 229 cm³/mol. The van der Waals surface area contributed by atoms with Gasteiger partial charge in [0.2, 0.25) is 0 Å². The molecule has 11 rings (SSSR count). The highest BCUT2D eigenvalue weighted by Crippen LogP contribution is 2.46. The molecule has 248 valence electrons. The van der Waals surface area contributed by atoms with Gasteiger partial charge in [-0.15, -0.1) is 11.3 Å². The molecule has 0 aliphatic rings. The molecule has 0 unspecified atom stereocenters. The second-order valence-electron chi connectivity index (χ2n) is 13.7. The summed E-state index contributed by atoms with van der Waals surface area (Å²) in [5, 5.41) is 10.1. The highest BCUT2D eigenvalue weighted by molar-refractivity contribution is 7.25. The van der Waals surface area contributed by atoms with E-state index >= 15 is 0 Å².